The molecular formula is C18H17NO5. The van der Waals surface area contributed by atoms with Gasteiger partial charge in [-0.1, -0.05) is 30.3 Å². The number of benzene rings is 2. The van der Waals surface area contributed by atoms with E-state index < -0.39 is 18.0 Å². The molecule has 0 fully saturated rings. The maximum absolute atomic E-state index is 12.3. The van der Waals surface area contributed by atoms with Gasteiger partial charge in [0.2, 0.25) is 0 Å². The van der Waals surface area contributed by atoms with Gasteiger partial charge in [-0.25, -0.2) is 4.79 Å². The lowest BCUT2D eigenvalue weighted by molar-refractivity contribution is -0.155. The smallest absolute Gasteiger partial charge is 0.344 e. The molecule has 6 heteroatoms. The van der Waals surface area contributed by atoms with Crippen LogP contribution in [0.25, 0.3) is 0 Å². The van der Waals surface area contributed by atoms with Crippen molar-refractivity contribution in [1.82, 2.24) is 0 Å². The summed E-state index contributed by atoms with van der Waals surface area (Å²) in [4.78, 5) is 34.5. The number of amides is 1. The van der Waals surface area contributed by atoms with Gasteiger partial charge in [0.1, 0.15) is 5.75 Å². The highest BCUT2D eigenvalue weighted by Gasteiger charge is 2.15. The first kappa shape index (κ1) is 17.2. The maximum atomic E-state index is 12.3. The number of esters is 1. The molecule has 0 saturated heterocycles. The molecule has 0 aliphatic rings. The Morgan fingerprint density at radius 3 is 2.12 bits per heavy atom. The topological polar surface area (TPSA) is 95.7 Å². The summed E-state index contributed by atoms with van der Waals surface area (Å²) in [6.45, 7) is 1.02. The third kappa shape index (κ3) is 4.67. The van der Waals surface area contributed by atoms with Crippen LogP contribution >= 0.6 is 0 Å². The summed E-state index contributed by atoms with van der Waals surface area (Å²) in [5.74, 6) is -1.13. The first-order valence-corrected chi connectivity index (χ1v) is 7.29. The molecule has 0 radical (unpaired) electrons. The van der Waals surface area contributed by atoms with Gasteiger partial charge in [0, 0.05) is 11.1 Å². The third-order valence-corrected chi connectivity index (χ3v) is 3.22. The molecule has 24 heavy (non-hydrogen) atoms. The van der Waals surface area contributed by atoms with Gasteiger partial charge in [0.25, 0.3) is 5.91 Å². The molecule has 0 spiro atoms. The molecule has 0 aliphatic carbocycles. The fourth-order valence-electron chi connectivity index (χ4n) is 1.89. The summed E-state index contributed by atoms with van der Waals surface area (Å²) in [7, 11) is 0. The van der Waals surface area contributed by atoms with Crippen molar-refractivity contribution in [3.8, 4) is 5.75 Å². The van der Waals surface area contributed by atoms with E-state index >= 15 is 0 Å². The molecule has 2 N–H and O–H groups in total. The van der Waals surface area contributed by atoms with E-state index in [9.17, 15) is 14.4 Å². The molecule has 2 aromatic rings. The minimum absolute atomic E-state index is 0.100. The average molecular weight is 327 g/mol. The largest absolute Gasteiger partial charge is 0.482 e. The monoisotopic (exact) mass is 327 g/mol. The molecule has 0 aliphatic heterocycles. The van der Waals surface area contributed by atoms with Crippen molar-refractivity contribution in [2.24, 2.45) is 5.73 Å². The van der Waals surface area contributed by atoms with Crippen molar-refractivity contribution in [3.63, 3.8) is 0 Å². The lowest BCUT2D eigenvalue weighted by atomic mass is 10.0. The minimum atomic E-state index is -1.01. The van der Waals surface area contributed by atoms with E-state index in [2.05, 4.69) is 0 Å². The molecule has 2 rings (SSSR count). The van der Waals surface area contributed by atoms with E-state index in [0.717, 1.165) is 0 Å². The summed E-state index contributed by atoms with van der Waals surface area (Å²) >= 11 is 0. The summed E-state index contributed by atoms with van der Waals surface area (Å²) in [5, 5.41) is 0. The predicted molar refractivity (Wildman–Crippen MR) is 86.6 cm³/mol. The summed E-state index contributed by atoms with van der Waals surface area (Å²) in [6, 6.07) is 15.3. The van der Waals surface area contributed by atoms with Gasteiger partial charge in [0.05, 0.1) is 0 Å². The fraction of sp³-hybridized carbons (Fsp3) is 0.167. The first-order valence-electron chi connectivity index (χ1n) is 7.29. The Morgan fingerprint density at radius 1 is 0.958 bits per heavy atom. The SMILES string of the molecule is C[C@@H](OC(=O)COc1ccc(C(=O)c2ccccc2)cc1)C(N)=O. The number of carbonyl (C=O) groups is 3. The zero-order valence-corrected chi connectivity index (χ0v) is 13.1. The van der Waals surface area contributed by atoms with Gasteiger partial charge >= 0.3 is 5.97 Å². The van der Waals surface area contributed by atoms with Crippen LogP contribution in [0, 0.1) is 0 Å². The zero-order chi connectivity index (χ0) is 17.5. The van der Waals surface area contributed by atoms with Crippen LogP contribution in [0.15, 0.2) is 54.6 Å². The number of ether oxygens (including phenoxy) is 2. The van der Waals surface area contributed by atoms with Crippen LogP contribution in [0.2, 0.25) is 0 Å². The van der Waals surface area contributed by atoms with Crippen molar-refractivity contribution in [2.75, 3.05) is 6.61 Å². The van der Waals surface area contributed by atoms with E-state index in [-0.39, 0.29) is 12.4 Å². The molecule has 1 amide bonds. The van der Waals surface area contributed by atoms with Crippen LogP contribution in [0.3, 0.4) is 0 Å². The molecule has 124 valence electrons. The Hall–Kier alpha value is -3.15. The Morgan fingerprint density at radius 2 is 1.54 bits per heavy atom. The minimum Gasteiger partial charge on any atom is -0.482 e. The van der Waals surface area contributed by atoms with Crippen molar-refractivity contribution in [2.45, 2.75) is 13.0 Å². The Balaban J connectivity index is 1.92. The second-order valence-electron chi connectivity index (χ2n) is 5.04. The second kappa shape index (κ2) is 7.92. The highest BCUT2D eigenvalue weighted by atomic mass is 16.6. The number of rotatable bonds is 7. The highest BCUT2D eigenvalue weighted by molar-refractivity contribution is 6.08. The quantitative estimate of drug-likeness (QED) is 0.617. The standard InChI is InChI=1S/C18H17NO5/c1-12(18(19)22)24-16(20)11-23-15-9-7-14(8-10-15)17(21)13-5-3-2-4-6-13/h2-10,12H,11H2,1H3,(H2,19,22)/t12-/m1/s1. The summed E-state index contributed by atoms with van der Waals surface area (Å²) < 4.78 is 10.0. The van der Waals surface area contributed by atoms with Crippen LogP contribution in [0.4, 0.5) is 0 Å². The lowest BCUT2D eigenvalue weighted by Crippen LogP contribution is -2.32. The Labute approximate surface area is 139 Å². The zero-order valence-electron chi connectivity index (χ0n) is 13.1. The van der Waals surface area contributed by atoms with Gasteiger partial charge in [0.15, 0.2) is 18.5 Å². The van der Waals surface area contributed by atoms with Crippen LogP contribution < -0.4 is 10.5 Å². The van der Waals surface area contributed by atoms with Crippen LogP contribution in [-0.2, 0) is 14.3 Å². The second-order valence-corrected chi connectivity index (χ2v) is 5.04. The molecule has 0 heterocycles. The molecule has 0 unspecified atom stereocenters. The van der Waals surface area contributed by atoms with E-state index in [4.69, 9.17) is 15.2 Å². The van der Waals surface area contributed by atoms with Gasteiger partial charge < -0.3 is 15.2 Å². The first-order chi connectivity index (χ1) is 11.5. The Bertz CT molecular complexity index is 725. The van der Waals surface area contributed by atoms with E-state index in [0.29, 0.717) is 16.9 Å². The normalized spacial score (nSPS) is 11.4. The number of hydrogen-bond acceptors (Lipinski definition) is 5. The van der Waals surface area contributed by atoms with Crippen LogP contribution in [0.5, 0.6) is 5.75 Å². The molecule has 2 aromatic carbocycles. The molecule has 6 nitrogen and oxygen atoms in total. The summed E-state index contributed by atoms with van der Waals surface area (Å²) in [6.07, 6.45) is -1.01. The fourth-order valence-corrected chi connectivity index (χ4v) is 1.89. The molecule has 0 bridgehead atoms. The van der Waals surface area contributed by atoms with Crippen molar-refractivity contribution < 1.29 is 23.9 Å². The number of nitrogens with two attached hydrogens (primary N) is 1. The van der Waals surface area contributed by atoms with Gasteiger partial charge in [-0.15, -0.1) is 0 Å². The third-order valence-electron chi connectivity index (χ3n) is 3.22. The van der Waals surface area contributed by atoms with E-state index in [1.54, 1.807) is 48.5 Å². The van der Waals surface area contributed by atoms with Crippen molar-refractivity contribution in [1.29, 1.82) is 0 Å². The maximum Gasteiger partial charge on any atom is 0.344 e. The molecule has 0 aromatic heterocycles. The van der Waals surface area contributed by atoms with Gasteiger partial charge in [-0.05, 0) is 31.2 Å². The van der Waals surface area contributed by atoms with Gasteiger partial charge in [-0.2, -0.15) is 0 Å². The van der Waals surface area contributed by atoms with Crippen LogP contribution in [-0.4, -0.2) is 30.4 Å². The molecule has 1 atom stereocenters. The van der Waals surface area contributed by atoms with E-state index in [1.807, 2.05) is 6.07 Å². The predicted octanol–water partition coefficient (Wildman–Crippen LogP) is 1.71. The lowest BCUT2D eigenvalue weighted by Gasteiger charge is -2.10. The molecule has 0 saturated carbocycles. The highest BCUT2D eigenvalue weighted by Crippen LogP contribution is 2.15. The van der Waals surface area contributed by atoms with Gasteiger partial charge in [-0.3, -0.25) is 9.59 Å². The number of carbonyl (C=O) groups excluding carboxylic acids is 3. The average Bonchev–Trinajstić information content (AvgIpc) is 2.60. The van der Waals surface area contributed by atoms with Crippen molar-refractivity contribution in [3.05, 3.63) is 65.7 Å². The summed E-state index contributed by atoms with van der Waals surface area (Å²) in [5.41, 5.74) is 6.10. The number of primary amides is 1. The number of hydrogen-bond donors (Lipinski definition) is 1. The van der Waals surface area contributed by atoms with E-state index in [1.165, 1.54) is 6.92 Å². The van der Waals surface area contributed by atoms with Crippen LogP contribution in [0.1, 0.15) is 22.8 Å². The number of ketones is 1. The Kier molecular flexibility index (Phi) is 5.68. The molecular weight excluding hydrogens is 310 g/mol. The van der Waals surface area contributed by atoms with Crippen molar-refractivity contribution >= 4 is 17.7 Å².